The molecule has 0 atom stereocenters. The van der Waals surface area contributed by atoms with E-state index in [1.54, 1.807) is 0 Å². The monoisotopic (exact) mass is 731 g/mol. The molecule has 0 unspecified atom stereocenters. The van der Waals surface area contributed by atoms with Crippen molar-refractivity contribution in [3.05, 3.63) is 127 Å². The van der Waals surface area contributed by atoms with Gasteiger partial charge < -0.3 is 14.2 Å². The lowest BCUT2D eigenvalue weighted by molar-refractivity contribution is -0.384. The molecule has 51 heavy (non-hydrogen) atoms. The Kier molecular flexibility index (Phi) is 13.2. The maximum atomic E-state index is 12.8. The van der Waals surface area contributed by atoms with E-state index in [4.69, 9.17) is 37.4 Å². The lowest BCUT2D eigenvalue weighted by Gasteiger charge is -2.29. The molecule has 1 aliphatic carbocycles. The summed E-state index contributed by atoms with van der Waals surface area (Å²) in [6.45, 7) is 2.25. The minimum atomic E-state index is -0.843. The van der Waals surface area contributed by atoms with Gasteiger partial charge in [0.25, 0.3) is 5.69 Å². The average molecular weight is 733 g/mol. The highest BCUT2D eigenvalue weighted by atomic mass is 35.5. The van der Waals surface area contributed by atoms with Gasteiger partial charge in [-0.1, -0.05) is 80.8 Å². The molecule has 0 N–H and O–H groups in total. The second-order valence-corrected chi connectivity index (χ2v) is 13.6. The highest BCUT2D eigenvalue weighted by Gasteiger charge is 2.23. The summed E-state index contributed by atoms with van der Waals surface area (Å²) in [7, 11) is 0. The molecule has 0 saturated heterocycles. The van der Waals surface area contributed by atoms with Crippen LogP contribution in [0.3, 0.4) is 0 Å². The van der Waals surface area contributed by atoms with Gasteiger partial charge in [0.05, 0.1) is 26.6 Å². The molecule has 0 amide bonds. The van der Waals surface area contributed by atoms with Gasteiger partial charge in [0.15, 0.2) is 0 Å². The second kappa shape index (κ2) is 18.0. The summed E-state index contributed by atoms with van der Waals surface area (Å²) in [5.41, 5.74) is 1.54. The van der Waals surface area contributed by atoms with E-state index < -0.39 is 22.8 Å². The van der Waals surface area contributed by atoms with Crippen LogP contribution in [0.5, 0.6) is 17.2 Å². The van der Waals surface area contributed by atoms with Crippen molar-refractivity contribution in [3.63, 3.8) is 0 Å². The van der Waals surface area contributed by atoms with Gasteiger partial charge in [0, 0.05) is 18.2 Å². The molecule has 266 valence electrons. The van der Waals surface area contributed by atoms with E-state index in [0.29, 0.717) is 11.5 Å². The first-order valence-corrected chi connectivity index (χ1v) is 18.0. The van der Waals surface area contributed by atoms with Gasteiger partial charge in [-0.15, -0.1) is 0 Å². The summed E-state index contributed by atoms with van der Waals surface area (Å²) in [6.07, 6.45) is 12.9. The molecule has 1 saturated carbocycles. The van der Waals surface area contributed by atoms with E-state index in [0.717, 1.165) is 18.1 Å². The van der Waals surface area contributed by atoms with Gasteiger partial charge in [0.2, 0.25) is 0 Å². The third-order valence-electron chi connectivity index (χ3n) is 9.18. The molecule has 1 aliphatic rings. The Morgan fingerprint density at radius 1 is 0.667 bits per heavy atom. The SMILES string of the molecule is CCCCCCCC1CCC(c2ccc(C(=O)Oc3ccc(C(=O)Oc4ccc(C(=O)Oc5ccc([N+](=O)[O-])c(Cl)c5)c(Cl)c4)cc3)cc2)CC1. The van der Waals surface area contributed by atoms with Crippen molar-refractivity contribution in [3.8, 4) is 17.2 Å². The Morgan fingerprint density at radius 2 is 1.20 bits per heavy atom. The third kappa shape index (κ3) is 10.4. The van der Waals surface area contributed by atoms with Crippen molar-refractivity contribution in [2.75, 3.05) is 0 Å². The summed E-state index contributed by atoms with van der Waals surface area (Å²) in [5.74, 6) is -0.333. The Morgan fingerprint density at radius 3 is 1.78 bits per heavy atom. The van der Waals surface area contributed by atoms with Gasteiger partial charge in [-0.25, -0.2) is 14.4 Å². The molecule has 0 heterocycles. The molecule has 0 bridgehead atoms. The largest absolute Gasteiger partial charge is 0.423 e. The van der Waals surface area contributed by atoms with E-state index in [1.165, 1.54) is 118 Å². The number of hydrogen-bond acceptors (Lipinski definition) is 8. The summed E-state index contributed by atoms with van der Waals surface area (Å²) in [4.78, 5) is 48.6. The van der Waals surface area contributed by atoms with Crippen LogP contribution in [-0.2, 0) is 0 Å². The predicted octanol–water partition coefficient (Wildman–Crippen LogP) is 11.2. The smallest absolute Gasteiger partial charge is 0.345 e. The van der Waals surface area contributed by atoms with E-state index in [9.17, 15) is 24.5 Å². The standard InChI is InChI=1S/C40H39Cl2NO8/c1-2-3-4-5-6-7-26-8-10-27(11-9-26)28-12-14-29(15-13-28)38(44)49-31-18-16-30(17-19-31)39(45)50-32-20-22-34(35(41)24-32)40(46)51-33-21-23-37(43(47)48)36(42)25-33/h12-27H,2-11H2,1H3. The molecular formula is C40H39Cl2NO8. The summed E-state index contributed by atoms with van der Waals surface area (Å²) in [5, 5.41) is 10.7. The van der Waals surface area contributed by atoms with Gasteiger partial charge in [-0.2, -0.15) is 0 Å². The molecule has 11 heteroatoms. The van der Waals surface area contributed by atoms with Crippen LogP contribution in [0.1, 0.15) is 114 Å². The summed E-state index contributed by atoms with van der Waals surface area (Å²) < 4.78 is 16.2. The van der Waals surface area contributed by atoms with Crippen molar-refractivity contribution < 1.29 is 33.5 Å². The van der Waals surface area contributed by atoms with E-state index in [-0.39, 0.29) is 44.1 Å². The van der Waals surface area contributed by atoms with Crippen LogP contribution in [0, 0.1) is 16.0 Å². The number of rotatable bonds is 14. The van der Waals surface area contributed by atoms with Crippen LogP contribution in [-0.4, -0.2) is 22.8 Å². The number of esters is 3. The first kappa shape index (κ1) is 37.5. The highest BCUT2D eigenvalue weighted by molar-refractivity contribution is 6.34. The number of nitrogens with zero attached hydrogens (tertiary/aromatic N) is 1. The van der Waals surface area contributed by atoms with Crippen LogP contribution >= 0.6 is 23.2 Å². The second-order valence-electron chi connectivity index (χ2n) is 12.7. The number of halogens is 2. The number of nitro groups is 1. The number of carbonyl (C=O) groups excluding carboxylic acids is 3. The number of benzene rings is 4. The Balaban J connectivity index is 1.09. The van der Waals surface area contributed by atoms with Crippen molar-refractivity contribution in [1.82, 2.24) is 0 Å². The molecule has 0 radical (unpaired) electrons. The Hall–Kier alpha value is -4.73. The lowest BCUT2D eigenvalue weighted by atomic mass is 9.77. The topological polar surface area (TPSA) is 122 Å². The number of carbonyl (C=O) groups is 3. The van der Waals surface area contributed by atoms with Gasteiger partial charge >= 0.3 is 17.9 Å². The van der Waals surface area contributed by atoms with E-state index in [2.05, 4.69) is 6.92 Å². The van der Waals surface area contributed by atoms with E-state index in [1.807, 2.05) is 24.3 Å². The molecular weight excluding hydrogens is 693 g/mol. The molecule has 9 nitrogen and oxygen atoms in total. The maximum Gasteiger partial charge on any atom is 0.345 e. The number of nitro benzene ring substituents is 1. The molecule has 5 rings (SSSR count). The van der Waals surface area contributed by atoms with Crippen LogP contribution in [0.2, 0.25) is 10.0 Å². The minimum absolute atomic E-state index is 0.0136. The van der Waals surface area contributed by atoms with Crippen molar-refractivity contribution in [1.29, 1.82) is 0 Å². The summed E-state index contributed by atoms with van der Waals surface area (Å²) >= 11 is 12.1. The highest BCUT2D eigenvalue weighted by Crippen LogP contribution is 2.38. The molecule has 0 aliphatic heterocycles. The number of hydrogen-bond donors (Lipinski definition) is 0. The first-order chi connectivity index (χ1) is 24.6. The first-order valence-electron chi connectivity index (χ1n) is 17.2. The van der Waals surface area contributed by atoms with Crippen molar-refractivity contribution in [2.45, 2.75) is 77.0 Å². The lowest BCUT2D eigenvalue weighted by Crippen LogP contribution is -2.14. The minimum Gasteiger partial charge on any atom is -0.423 e. The fourth-order valence-corrected chi connectivity index (χ4v) is 6.78. The van der Waals surface area contributed by atoms with Gasteiger partial charge in [-0.3, -0.25) is 10.1 Å². The number of ether oxygens (including phenoxy) is 3. The Labute approximate surface area is 307 Å². The normalized spacial score (nSPS) is 15.5. The average Bonchev–Trinajstić information content (AvgIpc) is 3.12. The van der Waals surface area contributed by atoms with Gasteiger partial charge in [-0.05, 0) is 97.7 Å². The maximum absolute atomic E-state index is 12.8. The summed E-state index contributed by atoms with van der Waals surface area (Å²) in [6, 6.07) is 21.1. The fraction of sp³-hybridized carbons (Fsp3) is 0.325. The quantitative estimate of drug-likeness (QED) is 0.0413. The van der Waals surface area contributed by atoms with Crippen LogP contribution in [0.25, 0.3) is 0 Å². The molecule has 0 aromatic heterocycles. The van der Waals surface area contributed by atoms with Crippen LogP contribution < -0.4 is 14.2 Å². The van der Waals surface area contributed by atoms with Gasteiger partial charge in [0.1, 0.15) is 22.3 Å². The van der Waals surface area contributed by atoms with Crippen LogP contribution in [0.4, 0.5) is 5.69 Å². The molecule has 4 aromatic carbocycles. The zero-order chi connectivity index (χ0) is 36.3. The zero-order valence-electron chi connectivity index (χ0n) is 28.3. The van der Waals surface area contributed by atoms with Crippen molar-refractivity contribution in [2.24, 2.45) is 5.92 Å². The number of unbranched alkanes of at least 4 members (excludes halogenated alkanes) is 4. The van der Waals surface area contributed by atoms with Crippen LogP contribution in [0.15, 0.2) is 84.9 Å². The zero-order valence-corrected chi connectivity index (χ0v) is 29.8. The van der Waals surface area contributed by atoms with Crippen molar-refractivity contribution >= 4 is 46.8 Å². The molecule has 1 fully saturated rings. The molecule has 0 spiro atoms. The van der Waals surface area contributed by atoms with E-state index >= 15 is 0 Å². The fourth-order valence-electron chi connectivity index (χ4n) is 6.29. The Bertz CT molecular complexity index is 1850. The molecule has 4 aromatic rings. The third-order valence-corrected chi connectivity index (χ3v) is 9.79. The predicted molar refractivity (Wildman–Crippen MR) is 195 cm³/mol.